The Morgan fingerprint density at radius 2 is 2.25 bits per heavy atom. The van der Waals surface area contributed by atoms with E-state index in [4.69, 9.17) is 0 Å². The van der Waals surface area contributed by atoms with Gasteiger partial charge in [-0.1, -0.05) is 20.4 Å². The summed E-state index contributed by atoms with van der Waals surface area (Å²) in [6, 6.07) is 0. The van der Waals surface area contributed by atoms with Gasteiger partial charge in [-0.05, 0) is 12.8 Å². The molecule has 0 atom stereocenters. The Hall–Kier alpha value is -0.790. The van der Waals surface area contributed by atoms with Crippen LogP contribution in [0, 0.1) is 5.41 Å². The molecule has 0 radical (unpaired) electrons. The van der Waals surface area contributed by atoms with Crippen molar-refractivity contribution in [1.82, 2.24) is 4.90 Å². The van der Waals surface area contributed by atoms with Crippen molar-refractivity contribution in [2.75, 3.05) is 13.1 Å². The lowest BCUT2D eigenvalue weighted by Crippen LogP contribution is -2.34. The first kappa shape index (κ1) is 7.84. The van der Waals surface area contributed by atoms with E-state index in [0.29, 0.717) is 0 Å². The van der Waals surface area contributed by atoms with E-state index in [1.807, 2.05) is 0 Å². The van der Waals surface area contributed by atoms with Gasteiger partial charge in [0.1, 0.15) is 5.84 Å². The molecule has 0 aromatic rings. The molecule has 0 spiro atoms. The molecule has 0 aromatic heterocycles. The van der Waals surface area contributed by atoms with E-state index in [2.05, 4.69) is 30.3 Å². The Morgan fingerprint density at radius 3 is 2.92 bits per heavy atom. The fraction of sp³-hybridized carbons (Fsp3) is 0.700. The van der Waals surface area contributed by atoms with Gasteiger partial charge >= 0.3 is 0 Å². The second kappa shape index (κ2) is 2.35. The number of nitrogens with zero attached hydrogens (tertiary/aromatic N) is 2. The van der Waals surface area contributed by atoms with E-state index >= 15 is 0 Å². The Bertz CT molecular complexity index is 251. The Balaban J connectivity index is 2.38. The number of allylic oxidation sites excluding steroid dienone is 1. The van der Waals surface area contributed by atoms with Crippen molar-refractivity contribution >= 4 is 5.84 Å². The second-order valence-corrected chi connectivity index (χ2v) is 4.34. The monoisotopic (exact) mass is 164 g/mol. The molecular weight excluding hydrogens is 148 g/mol. The molecule has 0 unspecified atom stereocenters. The molecule has 2 rings (SSSR count). The molecular formula is C10H16N2. The molecule has 2 aliphatic heterocycles. The summed E-state index contributed by atoms with van der Waals surface area (Å²) < 4.78 is 0. The predicted octanol–water partition coefficient (Wildman–Crippen LogP) is 2.03. The lowest BCUT2D eigenvalue weighted by molar-refractivity contribution is 0.480. The van der Waals surface area contributed by atoms with Crippen LogP contribution in [0.3, 0.4) is 0 Å². The molecule has 1 saturated heterocycles. The molecule has 0 N–H and O–H groups in total. The van der Waals surface area contributed by atoms with Gasteiger partial charge in [-0.25, -0.2) is 0 Å². The van der Waals surface area contributed by atoms with E-state index in [1.54, 1.807) is 0 Å². The van der Waals surface area contributed by atoms with Crippen molar-refractivity contribution in [3.8, 4) is 0 Å². The molecule has 1 fully saturated rings. The number of amidine groups is 1. The van der Waals surface area contributed by atoms with Crippen molar-refractivity contribution in [1.29, 1.82) is 0 Å². The van der Waals surface area contributed by atoms with Gasteiger partial charge in [-0.15, -0.1) is 0 Å². The average molecular weight is 164 g/mol. The van der Waals surface area contributed by atoms with Crippen LogP contribution in [-0.2, 0) is 0 Å². The van der Waals surface area contributed by atoms with Crippen LogP contribution in [0.5, 0.6) is 0 Å². The minimum absolute atomic E-state index is 0.234. The van der Waals surface area contributed by atoms with Crippen LogP contribution in [0.4, 0.5) is 0 Å². The SMILES string of the molecule is C=C1CC(C)(C)C2=NCCCN12. The smallest absolute Gasteiger partial charge is 0.109 e. The maximum Gasteiger partial charge on any atom is 0.109 e. The summed E-state index contributed by atoms with van der Waals surface area (Å²) in [5, 5.41) is 0. The highest BCUT2D eigenvalue weighted by atomic mass is 15.2. The predicted molar refractivity (Wildman–Crippen MR) is 51.2 cm³/mol. The second-order valence-electron chi connectivity index (χ2n) is 4.34. The molecule has 0 aliphatic carbocycles. The lowest BCUT2D eigenvalue weighted by atomic mass is 9.90. The summed E-state index contributed by atoms with van der Waals surface area (Å²) in [5.74, 6) is 1.26. The third kappa shape index (κ3) is 0.977. The van der Waals surface area contributed by atoms with Crippen LogP contribution in [0.1, 0.15) is 26.7 Å². The zero-order valence-electron chi connectivity index (χ0n) is 7.93. The van der Waals surface area contributed by atoms with Crippen molar-refractivity contribution in [3.63, 3.8) is 0 Å². The van der Waals surface area contributed by atoms with Crippen LogP contribution in [0.2, 0.25) is 0 Å². The van der Waals surface area contributed by atoms with Crippen LogP contribution >= 0.6 is 0 Å². The van der Waals surface area contributed by atoms with Gasteiger partial charge in [0.15, 0.2) is 0 Å². The largest absolute Gasteiger partial charge is 0.334 e. The Kier molecular flexibility index (Phi) is 1.53. The molecule has 66 valence electrons. The average Bonchev–Trinajstić information content (AvgIpc) is 2.25. The molecule has 2 heterocycles. The zero-order valence-corrected chi connectivity index (χ0v) is 7.93. The van der Waals surface area contributed by atoms with Gasteiger partial charge in [-0.2, -0.15) is 0 Å². The molecule has 12 heavy (non-hydrogen) atoms. The molecule has 0 aromatic carbocycles. The minimum Gasteiger partial charge on any atom is -0.334 e. The van der Waals surface area contributed by atoms with Gasteiger partial charge in [0.2, 0.25) is 0 Å². The van der Waals surface area contributed by atoms with Crippen LogP contribution in [0.15, 0.2) is 17.3 Å². The van der Waals surface area contributed by atoms with Crippen molar-refractivity contribution in [2.24, 2.45) is 10.4 Å². The van der Waals surface area contributed by atoms with Gasteiger partial charge in [0.25, 0.3) is 0 Å². The van der Waals surface area contributed by atoms with E-state index in [1.165, 1.54) is 18.0 Å². The van der Waals surface area contributed by atoms with Crippen molar-refractivity contribution in [3.05, 3.63) is 12.3 Å². The number of rotatable bonds is 0. The highest BCUT2D eigenvalue weighted by molar-refractivity contribution is 5.92. The first-order chi connectivity index (χ1) is 5.61. The number of hydrogen-bond acceptors (Lipinski definition) is 2. The summed E-state index contributed by atoms with van der Waals surface area (Å²) in [4.78, 5) is 6.87. The molecule has 0 saturated carbocycles. The number of aliphatic imine (C=N–C) groups is 1. The van der Waals surface area contributed by atoms with Gasteiger partial charge in [0, 0.05) is 24.2 Å². The van der Waals surface area contributed by atoms with Gasteiger partial charge in [-0.3, -0.25) is 4.99 Å². The quantitative estimate of drug-likeness (QED) is 0.535. The zero-order chi connectivity index (χ0) is 8.77. The summed E-state index contributed by atoms with van der Waals surface area (Å²) >= 11 is 0. The van der Waals surface area contributed by atoms with E-state index in [9.17, 15) is 0 Å². The van der Waals surface area contributed by atoms with Crippen LogP contribution < -0.4 is 0 Å². The highest BCUT2D eigenvalue weighted by Gasteiger charge is 2.39. The summed E-state index contributed by atoms with van der Waals surface area (Å²) in [7, 11) is 0. The first-order valence-corrected chi connectivity index (χ1v) is 4.61. The number of fused-ring (bicyclic) bond motifs is 1. The summed E-state index contributed by atoms with van der Waals surface area (Å²) in [6.45, 7) is 10.7. The highest BCUT2D eigenvalue weighted by Crippen LogP contribution is 2.39. The van der Waals surface area contributed by atoms with E-state index in [0.717, 1.165) is 19.5 Å². The summed E-state index contributed by atoms with van der Waals surface area (Å²) in [6.07, 6.45) is 2.25. The number of hydrogen-bond donors (Lipinski definition) is 0. The topological polar surface area (TPSA) is 15.6 Å². The Morgan fingerprint density at radius 1 is 1.50 bits per heavy atom. The van der Waals surface area contributed by atoms with Gasteiger partial charge in [0.05, 0.1) is 0 Å². The fourth-order valence-corrected chi connectivity index (χ4v) is 2.18. The van der Waals surface area contributed by atoms with Crippen molar-refractivity contribution in [2.45, 2.75) is 26.7 Å². The van der Waals surface area contributed by atoms with Crippen molar-refractivity contribution < 1.29 is 0 Å². The fourth-order valence-electron chi connectivity index (χ4n) is 2.18. The Labute approximate surface area is 74.0 Å². The lowest BCUT2D eigenvalue weighted by Gasteiger charge is -2.27. The summed E-state index contributed by atoms with van der Waals surface area (Å²) in [5.41, 5.74) is 1.48. The van der Waals surface area contributed by atoms with E-state index in [-0.39, 0.29) is 5.41 Å². The van der Waals surface area contributed by atoms with Crippen LogP contribution in [0.25, 0.3) is 0 Å². The van der Waals surface area contributed by atoms with Gasteiger partial charge < -0.3 is 4.90 Å². The normalized spacial score (nSPS) is 27.0. The molecule has 0 amide bonds. The van der Waals surface area contributed by atoms with E-state index < -0.39 is 0 Å². The third-order valence-electron chi connectivity index (χ3n) is 2.69. The first-order valence-electron chi connectivity index (χ1n) is 4.61. The molecule has 2 aliphatic rings. The van der Waals surface area contributed by atoms with Crippen LogP contribution in [-0.4, -0.2) is 23.8 Å². The maximum absolute atomic E-state index is 4.58. The maximum atomic E-state index is 4.58. The molecule has 2 nitrogen and oxygen atoms in total. The molecule has 0 bridgehead atoms. The standard InChI is InChI=1S/C10H16N2/c1-8-7-10(2,3)9-11-5-4-6-12(8)9/h1,4-7H2,2-3H3. The third-order valence-corrected chi connectivity index (χ3v) is 2.69. The minimum atomic E-state index is 0.234. The molecule has 2 heteroatoms.